The number of halogens is 2. The molecule has 3 nitrogen and oxygen atoms in total. The van der Waals surface area contributed by atoms with Crippen molar-refractivity contribution in [3.8, 4) is 0 Å². The second-order valence-corrected chi connectivity index (χ2v) is 6.26. The van der Waals surface area contributed by atoms with Crippen molar-refractivity contribution in [2.24, 2.45) is 11.0 Å². The molecule has 0 radical (unpaired) electrons. The Hall–Kier alpha value is -2.56. The van der Waals surface area contributed by atoms with Gasteiger partial charge >= 0.3 is 0 Å². The molecular formula is C19H16F2N2O. The summed E-state index contributed by atoms with van der Waals surface area (Å²) in [4.78, 5) is 12.6. The van der Waals surface area contributed by atoms with Crippen molar-refractivity contribution < 1.29 is 13.6 Å². The first-order valence-electron chi connectivity index (χ1n) is 8.04. The topological polar surface area (TPSA) is 32.7 Å². The van der Waals surface area contributed by atoms with Gasteiger partial charge in [0, 0.05) is 17.9 Å². The van der Waals surface area contributed by atoms with Crippen molar-refractivity contribution in [3.63, 3.8) is 0 Å². The van der Waals surface area contributed by atoms with Crippen LogP contribution in [0, 0.1) is 17.6 Å². The summed E-state index contributed by atoms with van der Waals surface area (Å²) in [6.07, 6.45) is 2.12. The molecule has 2 aliphatic rings. The van der Waals surface area contributed by atoms with Crippen LogP contribution in [0.5, 0.6) is 0 Å². The zero-order chi connectivity index (χ0) is 16.7. The molecule has 24 heavy (non-hydrogen) atoms. The van der Waals surface area contributed by atoms with E-state index in [0.717, 1.165) is 36.6 Å². The molecular weight excluding hydrogens is 310 g/mol. The van der Waals surface area contributed by atoms with E-state index in [4.69, 9.17) is 0 Å². The zero-order valence-electron chi connectivity index (χ0n) is 13.0. The highest BCUT2D eigenvalue weighted by molar-refractivity contribution is 6.03. The molecule has 1 atom stereocenters. The fourth-order valence-electron chi connectivity index (χ4n) is 3.05. The van der Waals surface area contributed by atoms with Crippen LogP contribution in [-0.4, -0.2) is 16.6 Å². The van der Waals surface area contributed by atoms with E-state index in [1.807, 2.05) is 30.3 Å². The number of hydrogen-bond donors (Lipinski definition) is 0. The van der Waals surface area contributed by atoms with E-state index < -0.39 is 11.6 Å². The molecule has 5 heteroatoms. The van der Waals surface area contributed by atoms with Crippen LogP contribution in [-0.2, 0) is 4.79 Å². The van der Waals surface area contributed by atoms with Crippen molar-refractivity contribution in [2.75, 3.05) is 0 Å². The van der Waals surface area contributed by atoms with E-state index in [0.29, 0.717) is 12.1 Å². The first kappa shape index (κ1) is 15.0. The molecule has 122 valence electrons. The van der Waals surface area contributed by atoms with E-state index in [1.165, 1.54) is 5.01 Å². The van der Waals surface area contributed by atoms with E-state index in [9.17, 15) is 13.6 Å². The number of hydrogen-bond acceptors (Lipinski definition) is 2. The third-order valence-electron chi connectivity index (χ3n) is 4.49. The standard InChI is InChI=1S/C19H16F2N2O/c20-14-8-9-16(21)15(10-14)17-11-18(12-4-2-1-3-5-12)23(22-17)19(24)13-6-7-13/h1-5,8-10,13,18H,6-7,11H2/t18-/m1/s1. The zero-order valence-corrected chi connectivity index (χ0v) is 13.0. The summed E-state index contributed by atoms with van der Waals surface area (Å²) in [5, 5.41) is 5.84. The SMILES string of the molecule is O=C(C1CC1)N1N=C(c2cc(F)ccc2F)C[C@@H]1c1ccccc1. The second-order valence-electron chi connectivity index (χ2n) is 6.26. The smallest absolute Gasteiger partial charge is 0.246 e. The molecule has 0 unspecified atom stereocenters. The van der Waals surface area contributed by atoms with Crippen molar-refractivity contribution in [1.82, 2.24) is 5.01 Å². The van der Waals surface area contributed by atoms with Crippen LogP contribution >= 0.6 is 0 Å². The van der Waals surface area contributed by atoms with E-state index in [1.54, 1.807) is 0 Å². The van der Waals surface area contributed by atoms with Crippen LogP contribution in [0.2, 0.25) is 0 Å². The fourth-order valence-corrected chi connectivity index (χ4v) is 3.05. The van der Waals surface area contributed by atoms with Crippen molar-refractivity contribution in [2.45, 2.75) is 25.3 Å². The van der Waals surface area contributed by atoms with Gasteiger partial charge in [0.2, 0.25) is 5.91 Å². The maximum Gasteiger partial charge on any atom is 0.246 e. The summed E-state index contributed by atoms with van der Waals surface area (Å²) in [5.41, 5.74) is 1.49. The van der Waals surface area contributed by atoms with Gasteiger partial charge in [-0.2, -0.15) is 5.10 Å². The molecule has 1 amide bonds. The highest BCUT2D eigenvalue weighted by atomic mass is 19.1. The Bertz CT molecular complexity index is 815. The van der Waals surface area contributed by atoms with Gasteiger partial charge in [0.25, 0.3) is 0 Å². The Labute approximate surface area is 138 Å². The van der Waals surface area contributed by atoms with Gasteiger partial charge in [0.1, 0.15) is 11.6 Å². The molecule has 2 aromatic carbocycles. The molecule has 0 bridgehead atoms. The lowest BCUT2D eigenvalue weighted by atomic mass is 9.98. The minimum Gasteiger partial charge on any atom is -0.273 e. The van der Waals surface area contributed by atoms with Crippen LogP contribution < -0.4 is 0 Å². The molecule has 0 saturated heterocycles. The third kappa shape index (κ3) is 2.70. The maximum atomic E-state index is 14.1. The number of hydrazone groups is 1. The predicted molar refractivity (Wildman–Crippen MR) is 86.3 cm³/mol. The predicted octanol–water partition coefficient (Wildman–Crippen LogP) is 4.05. The third-order valence-corrected chi connectivity index (χ3v) is 4.49. The van der Waals surface area contributed by atoms with Crippen LogP contribution in [0.4, 0.5) is 8.78 Å². The normalized spacial score (nSPS) is 20.2. The second kappa shape index (κ2) is 5.82. The Morgan fingerprint density at radius 1 is 1.08 bits per heavy atom. The van der Waals surface area contributed by atoms with Gasteiger partial charge in [-0.3, -0.25) is 4.79 Å². The number of nitrogens with zero attached hydrogens (tertiary/aromatic N) is 2. The monoisotopic (exact) mass is 326 g/mol. The summed E-state index contributed by atoms with van der Waals surface area (Å²) in [7, 11) is 0. The van der Waals surface area contributed by atoms with E-state index in [2.05, 4.69) is 5.10 Å². The lowest BCUT2D eigenvalue weighted by molar-refractivity contribution is -0.134. The average Bonchev–Trinajstić information content (AvgIpc) is 3.36. The Morgan fingerprint density at radius 3 is 2.54 bits per heavy atom. The molecule has 4 rings (SSSR count). The van der Waals surface area contributed by atoms with E-state index >= 15 is 0 Å². The average molecular weight is 326 g/mol. The van der Waals surface area contributed by atoms with Gasteiger partial charge in [0.15, 0.2) is 0 Å². The van der Waals surface area contributed by atoms with Gasteiger partial charge in [-0.05, 0) is 36.6 Å². The molecule has 1 aliphatic carbocycles. The van der Waals surface area contributed by atoms with Crippen LogP contribution in [0.15, 0.2) is 53.6 Å². The summed E-state index contributed by atoms with van der Waals surface area (Å²) < 4.78 is 27.6. The molecule has 1 saturated carbocycles. The van der Waals surface area contributed by atoms with Gasteiger partial charge in [-0.25, -0.2) is 13.8 Å². The van der Waals surface area contributed by atoms with Crippen LogP contribution in [0.3, 0.4) is 0 Å². The number of benzene rings is 2. The number of carbonyl (C=O) groups is 1. The van der Waals surface area contributed by atoms with Crippen molar-refractivity contribution in [3.05, 3.63) is 71.3 Å². The molecule has 1 aliphatic heterocycles. The molecule has 2 aromatic rings. The molecule has 0 N–H and O–H groups in total. The van der Waals surface area contributed by atoms with Crippen molar-refractivity contribution in [1.29, 1.82) is 0 Å². The highest BCUT2D eigenvalue weighted by Gasteiger charge is 2.40. The lowest BCUT2D eigenvalue weighted by Gasteiger charge is -2.21. The summed E-state index contributed by atoms with van der Waals surface area (Å²) in [5.74, 6) is -1.06. The van der Waals surface area contributed by atoms with Gasteiger partial charge < -0.3 is 0 Å². The fraction of sp³-hybridized carbons (Fsp3) is 0.263. The van der Waals surface area contributed by atoms with Gasteiger partial charge in [-0.15, -0.1) is 0 Å². The molecule has 1 fully saturated rings. The molecule has 0 aromatic heterocycles. The largest absolute Gasteiger partial charge is 0.273 e. The van der Waals surface area contributed by atoms with Crippen molar-refractivity contribution >= 4 is 11.6 Å². The molecule has 1 heterocycles. The first-order chi connectivity index (χ1) is 11.6. The maximum absolute atomic E-state index is 14.1. The number of amides is 1. The summed E-state index contributed by atoms with van der Waals surface area (Å²) in [6, 6.07) is 12.6. The lowest BCUT2D eigenvalue weighted by Crippen LogP contribution is -2.28. The summed E-state index contributed by atoms with van der Waals surface area (Å²) >= 11 is 0. The minimum atomic E-state index is -0.525. The Kier molecular flexibility index (Phi) is 3.63. The first-order valence-corrected chi connectivity index (χ1v) is 8.04. The van der Waals surface area contributed by atoms with E-state index in [-0.39, 0.29) is 23.4 Å². The number of rotatable bonds is 3. The van der Waals surface area contributed by atoms with Crippen LogP contribution in [0.1, 0.15) is 36.4 Å². The highest BCUT2D eigenvalue weighted by Crippen LogP contribution is 2.39. The van der Waals surface area contributed by atoms with Gasteiger partial charge in [0.05, 0.1) is 11.8 Å². The van der Waals surface area contributed by atoms with Gasteiger partial charge in [-0.1, -0.05) is 30.3 Å². The number of carbonyl (C=O) groups excluding carboxylic acids is 1. The van der Waals surface area contributed by atoms with Crippen LogP contribution in [0.25, 0.3) is 0 Å². The Balaban J connectivity index is 1.72. The quantitative estimate of drug-likeness (QED) is 0.837. The summed E-state index contributed by atoms with van der Waals surface area (Å²) in [6.45, 7) is 0. The Morgan fingerprint density at radius 2 is 1.83 bits per heavy atom. The molecule has 0 spiro atoms. The minimum absolute atomic E-state index is 0.0108.